The van der Waals surface area contributed by atoms with Crippen molar-refractivity contribution < 1.29 is 24.9 Å². The van der Waals surface area contributed by atoms with Gasteiger partial charge in [0.15, 0.2) is 6.23 Å². The highest BCUT2D eigenvalue weighted by atomic mass is 32.1. The molecule has 1 aromatic rings. The van der Waals surface area contributed by atoms with Crippen LogP contribution in [0.3, 0.4) is 0 Å². The minimum atomic E-state index is -1.37. The predicted octanol–water partition coefficient (Wildman–Crippen LogP) is -0.963. The van der Waals surface area contributed by atoms with E-state index in [1.54, 1.807) is 31.2 Å². The average molecular weight is 314 g/mol. The Kier molecular flexibility index (Phi) is 5.20. The third-order valence-electron chi connectivity index (χ3n) is 3.33. The van der Waals surface area contributed by atoms with E-state index in [1.165, 1.54) is 0 Å². The average Bonchev–Trinajstić information content (AvgIpc) is 2.47. The Morgan fingerprint density at radius 3 is 2.52 bits per heavy atom. The van der Waals surface area contributed by atoms with Crippen LogP contribution in [0.2, 0.25) is 0 Å². The highest BCUT2D eigenvalue weighted by molar-refractivity contribution is 7.80. The monoisotopic (exact) mass is 314 g/mol. The zero-order valence-electron chi connectivity index (χ0n) is 11.3. The van der Waals surface area contributed by atoms with E-state index in [-0.39, 0.29) is 0 Å². The Labute approximate surface area is 127 Å². The van der Waals surface area contributed by atoms with Gasteiger partial charge in [0, 0.05) is 4.90 Å². The molecule has 5 atom stereocenters. The molecule has 1 aliphatic rings. The predicted molar refractivity (Wildman–Crippen MR) is 76.7 cm³/mol. The Hall–Kier alpha value is -1.16. The number of thiol groups is 1. The standard InChI is InChI=1S/C13H18N2O5S/c1-6-9(16)10(17)11(18)13(20-6)15-14-12(19)7-4-2-3-5-8(7)21/h2-6,9-11,13,15-18,21H,1H3,(H,14,19)/t6-,9+,10-,11+,13?/m1/s1. The lowest BCUT2D eigenvalue weighted by Gasteiger charge is -2.39. The fourth-order valence-corrected chi connectivity index (χ4v) is 2.30. The Morgan fingerprint density at radius 2 is 1.86 bits per heavy atom. The maximum atomic E-state index is 12.0. The van der Waals surface area contributed by atoms with Gasteiger partial charge in [-0.25, -0.2) is 5.43 Å². The van der Waals surface area contributed by atoms with Gasteiger partial charge in [-0.3, -0.25) is 10.2 Å². The summed E-state index contributed by atoms with van der Waals surface area (Å²) in [6.45, 7) is 1.55. The summed E-state index contributed by atoms with van der Waals surface area (Å²) in [5.41, 5.74) is 5.24. The molecule has 1 aromatic carbocycles. The lowest BCUT2D eigenvalue weighted by molar-refractivity contribution is -0.226. The molecular formula is C13H18N2O5S. The molecule has 0 aromatic heterocycles. The van der Waals surface area contributed by atoms with Gasteiger partial charge in [0.1, 0.15) is 18.3 Å². The van der Waals surface area contributed by atoms with E-state index in [9.17, 15) is 20.1 Å². The molecule has 1 unspecified atom stereocenters. The molecule has 1 amide bonds. The maximum absolute atomic E-state index is 12.0. The van der Waals surface area contributed by atoms with E-state index < -0.39 is 36.6 Å². The van der Waals surface area contributed by atoms with Crippen LogP contribution in [0.25, 0.3) is 0 Å². The SMILES string of the molecule is C[C@H]1OC(NNC(=O)c2ccccc2S)[C@@H](O)[C@H](O)[C@H]1O. The van der Waals surface area contributed by atoms with Gasteiger partial charge in [-0.1, -0.05) is 12.1 Å². The first-order chi connectivity index (χ1) is 9.91. The summed E-state index contributed by atoms with van der Waals surface area (Å²) in [6, 6.07) is 6.72. The van der Waals surface area contributed by atoms with Crippen molar-refractivity contribution in [1.82, 2.24) is 10.9 Å². The molecule has 116 valence electrons. The highest BCUT2D eigenvalue weighted by Gasteiger charge is 2.41. The van der Waals surface area contributed by atoms with E-state index in [4.69, 9.17) is 4.74 Å². The minimum Gasteiger partial charge on any atom is -0.388 e. The molecule has 0 spiro atoms. The second-order valence-corrected chi connectivity index (χ2v) is 5.33. The van der Waals surface area contributed by atoms with Crippen molar-refractivity contribution >= 4 is 18.5 Å². The van der Waals surface area contributed by atoms with Gasteiger partial charge < -0.3 is 20.1 Å². The van der Waals surface area contributed by atoms with E-state index in [2.05, 4.69) is 23.5 Å². The molecule has 7 nitrogen and oxygen atoms in total. The number of carbonyl (C=O) groups is 1. The smallest absolute Gasteiger partial charge is 0.266 e. The van der Waals surface area contributed by atoms with Crippen molar-refractivity contribution in [2.24, 2.45) is 0 Å². The first-order valence-corrected chi connectivity index (χ1v) is 6.90. The normalized spacial score (nSPS) is 32.7. The van der Waals surface area contributed by atoms with Crippen molar-refractivity contribution in [3.8, 4) is 0 Å². The van der Waals surface area contributed by atoms with Crippen LogP contribution in [-0.4, -0.2) is 51.9 Å². The minimum absolute atomic E-state index is 0.354. The summed E-state index contributed by atoms with van der Waals surface area (Å²) >= 11 is 4.17. The topological polar surface area (TPSA) is 111 Å². The number of amides is 1. The molecule has 1 heterocycles. The first kappa shape index (κ1) is 16.2. The summed E-state index contributed by atoms with van der Waals surface area (Å²) in [6.07, 6.45) is -5.64. The van der Waals surface area contributed by atoms with Gasteiger partial charge in [-0.05, 0) is 19.1 Å². The highest BCUT2D eigenvalue weighted by Crippen LogP contribution is 2.19. The molecule has 2 rings (SSSR count). The van der Waals surface area contributed by atoms with Crippen LogP contribution in [0.4, 0.5) is 0 Å². The molecule has 8 heteroatoms. The van der Waals surface area contributed by atoms with Gasteiger partial charge in [-0.15, -0.1) is 12.6 Å². The lowest BCUT2D eigenvalue weighted by Crippen LogP contribution is -2.63. The van der Waals surface area contributed by atoms with Crippen LogP contribution >= 0.6 is 12.6 Å². The summed E-state index contributed by atoms with van der Waals surface area (Å²) in [5, 5.41) is 29.0. The maximum Gasteiger partial charge on any atom is 0.266 e. The van der Waals surface area contributed by atoms with Crippen LogP contribution in [0.1, 0.15) is 17.3 Å². The van der Waals surface area contributed by atoms with E-state index in [1.807, 2.05) is 0 Å². The van der Waals surface area contributed by atoms with E-state index in [0.29, 0.717) is 10.5 Å². The second kappa shape index (κ2) is 6.73. The van der Waals surface area contributed by atoms with Gasteiger partial charge in [0.2, 0.25) is 0 Å². The van der Waals surface area contributed by atoms with Crippen LogP contribution in [0, 0.1) is 0 Å². The summed E-state index contributed by atoms with van der Waals surface area (Å²) in [5.74, 6) is -0.454. The summed E-state index contributed by atoms with van der Waals surface area (Å²) < 4.78 is 5.29. The number of rotatable bonds is 3. The number of carbonyl (C=O) groups excluding carboxylic acids is 1. The molecule has 0 bridgehead atoms. The van der Waals surface area contributed by atoms with Crippen LogP contribution in [-0.2, 0) is 4.74 Å². The van der Waals surface area contributed by atoms with Crippen LogP contribution in [0.15, 0.2) is 29.2 Å². The van der Waals surface area contributed by atoms with Gasteiger partial charge >= 0.3 is 0 Å². The number of aliphatic hydroxyl groups excluding tert-OH is 3. The van der Waals surface area contributed by atoms with Gasteiger partial charge in [0.05, 0.1) is 11.7 Å². The number of hydrogen-bond acceptors (Lipinski definition) is 7. The zero-order valence-corrected chi connectivity index (χ0v) is 12.2. The quantitative estimate of drug-likeness (QED) is 0.317. The van der Waals surface area contributed by atoms with E-state index in [0.717, 1.165) is 0 Å². The molecule has 1 saturated heterocycles. The van der Waals surface area contributed by atoms with E-state index >= 15 is 0 Å². The van der Waals surface area contributed by atoms with Crippen molar-refractivity contribution in [2.75, 3.05) is 0 Å². The van der Waals surface area contributed by atoms with Gasteiger partial charge in [-0.2, -0.15) is 0 Å². The third kappa shape index (κ3) is 3.54. The van der Waals surface area contributed by atoms with Crippen LogP contribution in [0.5, 0.6) is 0 Å². The number of aliphatic hydroxyl groups is 3. The Balaban J connectivity index is 1.97. The largest absolute Gasteiger partial charge is 0.388 e. The van der Waals surface area contributed by atoms with Crippen molar-refractivity contribution in [3.05, 3.63) is 29.8 Å². The number of benzene rings is 1. The molecule has 5 N–H and O–H groups in total. The molecule has 1 fully saturated rings. The Morgan fingerprint density at radius 1 is 1.19 bits per heavy atom. The molecule has 0 radical (unpaired) electrons. The lowest BCUT2D eigenvalue weighted by atomic mass is 9.99. The molecular weight excluding hydrogens is 296 g/mol. The summed E-state index contributed by atoms with van der Waals surface area (Å²) in [4.78, 5) is 12.5. The fraction of sp³-hybridized carbons (Fsp3) is 0.462. The number of hydrogen-bond donors (Lipinski definition) is 6. The number of nitrogens with one attached hydrogen (secondary N) is 2. The van der Waals surface area contributed by atoms with Crippen molar-refractivity contribution in [1.29, 1.82) is 0 Å². The summed E-state index contributed by atoms with van der Waals surface area (Å²) in [7, 11) is 0. The Bertz CT molecular complexity index is 515. The zero-order chi connectivity index (χ0) is 15.6. The molecule has 21 heavy (non-hydrogen) atoms. The number of ether oxygens (including phenoxy) is 1. The van der Waals surface area contributed by atoms with Crippen molar-refractivity contribution in [2.45, 2.75) is 42.5 Å². The first-order valence-electron chi connectivity index (χ1n) is 6.45. The molecule has 1 aliphatic heterocycles. The fourth-order valence-electron chi connectivity index (χ4n) is 2.04. The number of hydrazine groups is 1. The van der Waals surface area contributed by atoms with Crippen molar-refractivity contribution in [3.63, 3.8) is 0 Å². The van der Waals surface area contributed by atoms with Crippen LogP contribution < -0.4 is 10.9 Å². The second-order valence-electron chi connectivity index (χ2n) is 4.85. The van der Waals surface area contributed by atoms with Gasteiger partial charge in [0.25, 0.3) is 5.91 Å². The molecule has 0 saturated carbocycles. The molecule has 0 aliphatic carbocycles. The third-order valence-corrected chi connectivity index (χ3v) is 3.72.